The predicted octanol–water partition coefficient (Wildman–Crippen LogP) is 2.67. The number of benzene rings is 1. The molecule has 1 saturated heterocycles. The van der Waals surface area contributed by atoms with Gasteiger partial charge in [0.1, 0.15) is 5.75 Å². The molecule has 1 aromatic rings. The summed E-state index contributed by atoms with van der Waals surface area (Å²) in [4.78, 5) is 15.0. The third kappa shape index (κ3) is 2.50. The molecule has 0 aromatic heterocycles. The molecule has 4 rings (SSSR count). The van der Waals surface area contributed by atoms with Crippen molar-refractivity contribution < 1.29 is 14.6 Å². The molecule has 2 saturated carbocycles. The van der Waals surface area contributed by atoms with E-state index in [1.807, 2.05) is 12.1 Å². The molecule has 118 valence electrons. The van der Waals surface area contributed by atoms with Gasteiger partial charge in [-0.2, -0.15) is 0 Å². The van der Waals surface area contributed by atoms with Crippen molar-refractivity contribution in [3.63, 3.8) is 0 Å². The Hall–Kier alpha value is -1.55. The van der Waals surface area contributed by atoms with Gasteiger partial charge in [-0.3, -0.25) is 4.79 Å². The Labute approximate surface area is 131 Å². The minimum Gasteiger partial charge on any atom is -0.508 e. The molecule has 0 spiro atoms. The Morgan fingerprint density at radius 2 is 2.14 bits per heavy atom. The minimum atomic E-state index is 0.0995. The van der Waals surface area contributed by atoms with Crippen LogP contribution in [0.3, 0.4) is 0 Å². The Kier molecular flexibility index (Phi) is 3.57. The van der Waals surface area contributed by atoms with E-state index in [9.17, 15) is 9.90 Å². The van der Waals surface area contributed by atoms with Gasteiger partial charge in [0.15, 0.2) is 0 Å². The first-order valence-electron chi connectivity index (χ1n) is 8.45. The molecule has 22 heavy (non-hydrogen) atoms. The second-order valence-electron chi connectivity index (χ2n) is 6.84. The molecule has 1 amide bonds. The van der Waals surface area contributed by atoms with Gasteiger partial charge in [0, 0.05) is 12.5 Å². The maximum atomic E-state index is 12.9. The van der Waals surface area contributed by atoms with Gasteiger partial charge in [-0.05, 0) is 42.9 Å². The number of phenolic OH excluding ortho intramolecular Hbond substituents is 1. The molecule has 4 heteroatoms. The molecule has 1 N–H and O–H groups in total. The standard InChI is InChI=1S/C18H23NO3/c20-13-5-3-4-12(10-13)14-11-15(14)18(21)19-8-9-22-17-7-2-1-6-16(17)19/h3-5,10,14-17,20H,1-2,6-9,11H2/t14-,15+,16-,17+/m1/s1. The quantitative estimate of drug-likeness (QED) is 0.913. The van der Waals surface area contributed by atoms with Crippen LogP contribution in [0, 0.1) is 5.92 Å². The average molecular weight is 301 g/mol. The van der Waals surface area contributed by atoms with Crippen molar-refractivity contribution in [1.29, 1.82) is 0 Å². The third-order valence-corrected chi connectivity index (χ3v) is 5.42. The van der Waals surface area contributed by atoms with E-state index in [-0.39, 0.29) is 23.7 Å². The van der Waals surface area contributed by atoms with Crippen LogP contribution in [0.4, 0.5) is 0 Å². The number of fused-ring (bicyclic) bond motifs is 1. The fourth-order valence-electron chi connectivity index (χ4n) is 4.17. The number of carbonyl (C=O) groups excluding carboxylic acids is 1. The van der Waals surface area contributed by atoms with E-state index >= 15 is 0 Å². The van der Waals surface area contributed by atoms with E-state index < -0.39 is 0 Å². The van der Waals surface area contributed by atoms with Crippen molar-refractivity contribution >= 4 is 5.91 Å². The van der Waals surface area contributed by atoms with Gasteiger partial charge < -0.3 is 14.7 Å². The van der Waals surface area contributed by atoms with Gasteiger partial charge in [-0.25, -0.2) is 0 Å². The van der Waals surface area contributed by atoms with Crippen LogP contribution >= 0.6 is 0 Å². The number of phenols is 1. The molecule has 3 aliphatic rings. The number of morpholine rings is 1. The highest BCUT2D eigenvalue weighted by Gasteiger charge is 2.48. The van der Waals surface area contributed by atoms with Crippen molar-refractivity contribution in [2.75, 3.05) is 13.2 Å². The van der Waals surface area contributed by atoms with Crippen molar-refractivity contribution in [3.05, 3.63) is 29.8 Å². The fraction of sp³-hybridized carbons (Fsp3) is 0.611. The zero-order valence-electron chi connectivity index (χ0n) is 12.8. The summed E-state index contributed by atoms with van der Waals surface area (Å²) in [5.41, 5.74) is 1.09. The fourth-order valence-corrected chi connectivity index (χ4v) is 4.17. The molecule has 2 aliphatic carbocycles. The summed E-state index contributed by atoms with van der Waals surface area (Å²) < 4.78 is 5.86. The SMILES string of the molecule is O=C([C@H]1C[C@@H]1c1cccc(O)c1)N1CCO[C@H]2CCCC[C@H]21. The van der Waals surface area contributed by atoms with Gasteiger partial charge in [-0.1, -0.05) is 25.0 Å². The molecule has 1 aromatic carbocycles. The molecule has 4 nitrogen and oxygen atoms in total. The molecule has 3 fully saturated rings. The van der Waals surface area contributed by atoms with E-state index in [0.717, 1.165) is 31.4 Å². The number of nitrogens with zero attached hydrogens (tertiary/aromatic N) is 1. The van der Waals surface area contributed by atoms with Crippen LogP contribution in [0.15, 0.2) is 24.3 Å². The molecular formula is C18H23NO3. The normalized spacial score (nSPS) is 34.1. The number of amides is 1. The number of hydrogen-bond acceptors (Lipinski definition) is 3. The smallest absolute Gasteiger partial charge is 0.226 e. The summed E-state index contributed by atoms with van der Waals surface area (Å²) in [5, 5.41) is 9.61. The Morgan fingerprint density at radius 1 is 1.27 bits per heavy atom. The highest BCUT2D eigenvalue weighted by molar-refractivity contribution is 5.83. The second-order valence-corrected chi connectivity index (χ2v) is 6.84. The number of aromatic hydroxyl groups is 1. The van der Waals surface area contributed by atoms with E-state index in [4.69, 9.17) is 4.74 Å². The highest BCUT2D eigenvalue weighted by atomic mass is 16.5. The van der Waals surface area contributed by atoms with Gasteiger partial charge in [0.05, 0.1) is 18.8 Å². The van der Waals surface area contributed by atoms with Crippen molar-refractivity contribution in [2.24, 2.45) is 5.92 Å². The lowest BCUT2D eigenvalue weighted by Gasteiger charge is -2.44. The van der Waals surface area contributed by atoms with Crippen LogP contribution in [0.25, 0.3) is 0 Å². The van der Waals surface area contributed by atoms with Crippen molar-refractivity contribution in [1.82, 2.24) is 4.90 Å². The zero-order chi connectivity index (χ0) is 15.1. The Morgan fingerprint density at radius 3 is 3.00 bits per heavy atom. The zero-order valence-corrected chi connectivity index (χ0v) is 12.8. The first kappa shape index (κ1) is 14.1. The van der Waals surface area contributed by atoms with Gasteiger partial charge in [0.2, 0.25) is 5.91 Å². The number of hydrogen-bond donors (Lipinski definition) is 1. The molecule has 0 unspecified atom stereocenters. The topological polar surface area (TPSA) is 49.8 Å². The van der Waals surface area contributed by atoms with Crippen LogP contribution < -0.4 is 0 Å². The lowest BCUT2D eigenvalue weighted by molar-refractivity contribution is -0.151. The summed E-state index contributed by atoms with van der Waals surface area (Å²) in [7, 11) is 0. The van der Waals surface area contributed by atoms with E-state index in [1.54, 1.807) is 12.1 Å². The number of ether oxygens (including phenoxy) is 1. The maximum Gasteiger partial charge on any atom is 0.226 e. The molecule has 1 aliphatic heterocycles. The largest absolute Gasteiger partial charge is 0.508 e. The van der Waals surface area contributed by atoms with E-state index in [2.05, 4.69) is 4.90 Å². The third-order valence-electron chi connectivity index (χ3n) is 5.42. The number of carbonyl (C=O) groups is 1. The molecule has 0 radical (unpaired) electrons. The van der Waals surface area contributed by atoms with E-state index in [0.29, 0.717) is 18.6 Å². The summed E-state index contributed by atoms with van der Waals surface area (Å²) >= 11 is 0. The molecular weight excluding hydrogens is 278 g/mol. The van der Waals surface area contributed by atoms with Crippen LogP contribution in [0.2, 0.25) is 0 Å². The maximum absolute atomic E-state index is 12.9. The number of rotatable bonds is 2. The first-order valence-corrected chi connectivity index (χ1v) is 8.45. The lowest BCUT2D eigenvalue weighted by Crippen LogP contribution is -2.55. The van der Waals surface area contributed by atoms with Crippen LogP contribution in [-0.4, -0.2) is 41.2 Å². The second kappa shape index (κ2) is 5.58. The Bertz CT molecular complexity index is 571. The summed E-state index contributed by atoms with van der Waals surface area (Å²) in [5.74, 6) is 0.967. The summed E-state index contributed by atoms with van der Waals surface area (Å²) in [6, 6.07) is 7.63. The van der Waals surface area contributed by atoms with Gasteiger partial charge in [-0.15, -0.1) is 0 Å². The van der Waals surface area contributed by atoms with Crippen LogP contribution in [-0.2, 0) is 9.53 Å². The molecule has 1 heterocycles. The van der Waals surface area contributed by atoms with Gasteiger partial charge >= 0.3 is 0 Å². The summed E-state index contributed by atoms with van der Waals surface area (Å²) in [6.07, 6.45) is 5.77. The summed E-state index contributed by atoms with van der Waals surface area (Å²) in [6.45, 7) is 1.42. The van der Waals surface area contributed by atoms with E-state index in [1.165, 1.54) is 12.8 Å². The average Bonchev–Trinajstić information content (AvgIpc) is 3.34. The van der Waals surface area contributed by atoms with Crippen LogP contribution in [0.5, 0.6) is 5.75 Å². The highest BCUT2D eigenvalue weighted by Crippen LogP contribution is 2.49. The van der Waals surface area contributed by atoms with Gasteiger partial charge in [0.25, 0.3) is 0 Å². The van der Waals surface area contributed by atoms with Crippen molar-refractivity contribution in [3.8, 4) is 5.75 Å². The lowest BCUT2D eigenvalue weighted by atomic mass is 9.90. The van der Waals surface area contributed by atoms with Crippen molar-refractivity contribution in [2.45, 2.75) is 50.2 Å². The molecule has 0 bridgehead atoms. The monoisotopic (exact) mass is 301 g/mol. The minimum absolute atomic E-state index is 0.0995. The molecule has 4 atom stereocenters. The van der Waals surface area contributed by atoms with Crippen LogP contribution in [0.1, 0.15) is 43.6 Å². The Balaban J connectivity index is 1.46. The predicted molar refractivity (Wildman–Crippen MR) is 82.7 cm³/mol. The first-order chi connectivity index (χ1) is 10.7.